The van der Waals surface area contributed by atoms with Gasteiger partial charge in [0.05, 0.1) is 23.2 Å². The van der Waals surface area contributed by atoms with Crippen LogP contribution in [0.3, 0.4) is 0 Å². The van der Waals surface area contributed by atoms with Crippen molar-refractivity contribution in [2.45, 2.75) is 28.4 Å². The lowest BCUT2D eigenvalue weighted by atomic mass is 10.0. The van der Waals surface area contributed by atoms with E-state index in [2.05, 4.69) is 0 Å². The van der Waals surface area contributed by atoms with Crippen LogP contribution < -0.4 is 4.31 Å². The zero-order valence-electron chi connectivity index (χ0n) is 17.7. The Morgan fingerprint density at radius 3 is 1.84 bits per heavy atom. The van der Waals surface area contributed by atoms with E-state index in [1.165, 1.54) is 12.1 Å². The smallest absolute Gasteiger partial charge is 0.264 e. The van der Waals surface area contributed by atoms with Crippen LogP contribution in [0.1, 0.15) is 5.56 Å². The maximum Gasteiger partial charge on any atom is 0.512 e. The highest BCUT2D eigenvalue weighted by molar-refractivity contribution is 8.04. The van der Waals surface area contributed by atoms with Crippen LogP contribution in [-0.4, -0.2) is 57.5 Å². The molecule has 0 saturated carbocycles. The molecule has 3 rings (SSSR count). The van der Waals surface area contributed by atoms with E-state index < -0.39 is 79.3 Å². The Hall–Kier alpha value is -2.97. The largest absolute Gasteiger partial charge is 0.512 e. The lowest BCUT2D eigenvalue weighted by Gasteiger charge is -2.39. The third-order valence-electron chi connectivity index (χ3n) is 5.08. The van der Waals surface area contributed by atoms with Crippen molar-refractivity contribution < 1.29 is 56.5 Å². The minimum absolute atomic E-state index is 0.129. The number of nitro groups is 1. The van der Waals surface area contributed by atoms with Gasteiger partial charge in [0.25, 0.3) is 15.7 Å². The zero-order valence-corrected chi connectivity index (χ0v) is 20.2. The number of alkyl halides is 6. The molecule has 0 aliphatic carbocycles. The Kier molecular flexibility index (Phi) is 7.03. The molecule has 1 heterocycles. The molecule has 0 bridgehead atoms. The van der Waals surface area contributed by atoms with Gasteiger partial charge in [-0.25, -0.2) is 25.3 Å². The molecule has 0 saturated heterocycles. The molecule has 0 fully saturated rings. The summed E-state index contributed by atoms with van der Waals surface area (Å²) in [6.07, 6.45) is -1.08. The van der Waals surface area contributed by atoms with E-state index in [9.17, 15) is 61.7 Å². The van der Waals surface area contributed by atoms with Crippen LogP contribution in [0.4, 0.5) is 37.7 Å². The summed E-state index contributed by atoms with van der Waals surface area (Å²) in [4.78, 5) is 9.21. The first-order valence-corrected chi connectivity index (χ1v) is 13.8. The van der Waals surface area contributed by atoms with Crippen LogP contribution in [-0.2, 0) is 36.5 Å². The van der Waals surface area contributed by atoms with Gasteiger partial charge in [-0.05, 0) is 24.1 Å². The van der Waals surface area contributed by atoms with Gasteiger partial charge in [0.2, 0.25) is 0 Å². The molecule has 20 heteroatoms. The summed E-state index contributed by atoms with van der Waals surface area (Å²) in [5.41, 5.74) is -14.8. The lowest BCUT2D eigenvalue weighted by molar-refractivity contribution is -0.387. The molecule has 1 unspecified atom stereocenters. The first kappa shape index (κ1) is 28.6. The quantitative estimate of drug-likeness (QED) is 0.280. The minimum atomic E-state index is -7.24. The van der Waals surface area contributed by atoms with Gasteiger partial charge < -0.3 is 0 Å². The molecule has 37 heavy (non-hydrogen) atoms. The molecule has 0 aromatic heterocycles. The Bertz CT molecular complexity index is 1510. The van der Waals surface area contributed by atoms with Crippen LogP contribution in [0, 0.1) is 10.1 Å². The van der Waals surface area contributed by atoms with Crippen molar-refractivity contribution >= 4 is 41.4 Å². The minimum Gasteiger partial charge on any atom is -0.264 e. The van der Waals surface area contributed by atoms with E-state index in [0.29, 0.717) is 0 Å². The number of nitro benzene ring substituents is 1. The van der Waals surface area contributed by atoms with Gasteiger partial charge in [-0.1, -0.05) is 34.0 Å². The van der Waals surface area contributed by atoms with Gasteiger partial charge in [0.1, 0.15) is 0 Å². The Balaban J connectivity index is 2.30. The molecule has 0 radical (unpaired) electrons. The first-order valence-electron chi connectivity index (χ1n) is 9.51. The molecule has 1 atom stereocenters. The van der Waals surface area contributed by atoms with Crippen molar-refractivity contribution in [3.63, 3.8) is 0 Å². The SMILES string of the molecule is O=[N+]([O-])c1ccccc1S(=O)(=O)N1CC(N(S(=O)(=O)C(F)(F)F)S(=O)(=O)C(F)(F)F)Cc2ccccc21. The fourth-order valence-electron chi connectivity index (χ4n) is 3.57. The van der Waals surface area contributed by atoms with E-state index in [4.69, 9.17) is 0 Å². The van der Waals surface area contributed by atoms with E-state index in [1.54, 1.807) is 0 Å². The van der Waals surface area contributed by atoms with Gasteiger partial charge in [-0.2, -0.15) is 26.3 Å². The van der Waals surface area contributed by atoms with Gasteiger partial charge in [-0.15, -0.1) is 0 Å². The third kappa shape index (κ3) is 4.84. The highest BCUT2D eigenvalue weighted by Crippen LogP contribution is 2.41. The molecule has 1 aliphatic heterocycles. The van der Waals surface area contributed by atoms with Gasteiger partial charge in [0, 0.05) is 6.07 Å². The van der Waals surface area contributed by atoms with Crippen LogP contribution in [0.25, 0.3) is 0 Å². The van der Waals surface area contributed by atoms with E-state index in [-0.39, 0.29) is 15.6 Å². The molecular weight excluding hydrogens is 584 g/mol. The Morgan fingerprint density at radius 2 is 1.32 bits per heavy atom. The average molecular weight is 597 g/mol. The van der Waals surface area contributed by atoms with Crippen LogP contribution >= 0.6 is 0 Å². The molecule has 11 nitrogen and oxygen atoms in total. The van der Waals surface area contributed by atoms with Crippen LogP contribution in [0.15, 0.2) is 53.4 Å². The number of hydrogen-bond acceptors (Lipinski definition) is 8. The molecule has 0 amide bonds. The number of hydrogen-bond donors (Lipinski definition) is 0. The number of halogens is 6. The summed E-state index contributed by atoms with van der Waals surface area (Å²) in [6, 6.07) is 5.31. The predicted octanol–water partition coefficient (Wildman–Crippen LogP) is 2.72. The monoisotopic (exact) mass is 597 g/mol. The maximum atomic E-state index is 13.4. The second-order valence-electron chi connectivity index (χ2n) is 7.37. The second kappa shape index (κ2) is 9.10. The second-order valence-corrected chi connectivity index (χ2v) is 13.0. The topological polar surface area (TPSA) is 152 Å². The average Bonchev–Trinajstić information content (AvgIpc) is 2.76. The van der Waals surface area contributed by atoms with Crippen LogP contribution in [0.2, 0.25) is 0 Å². The zero-order chi connectivity index (χ0) is 28.2. The molecule has 2 aromatic rings. The molecule has 0 N–H and O–H groups in total. The molecule has 2 aromatic carbocycles. The number of para-hydroxylation sites is 2. The summed E-state index contributed by atoms with van der Waals surface area (Å²) in [5.74, 6) is 0. The number of nitrogens with zero attached hydrogens (tertiary/aromatic N) is 3. The van der Waals surface area contributed by atoms with Crippen molar-refractivity contribution in [2.75, 3.05) is 10.8 Å². The number of anilines is 1. The Morgan fingerprint density at radius 1 is 0.838 bits per heavy atom. The van der Waals surface area contributed by atoms with Crippen molar-refractivity contribution in [3.8, 4) is 0 Å². The number of rotatable bonds is 6. The summed E-state index contributed by atoms with van der Waals surface area (Å²) in [7, 11) is -19.6. The van der Waals surface area contributed by atoms with Gasteiger partial charge >= 0.3 is 31.1 Å². The lowest BCUT2D eigenvalue weighted by Crippen LogP contribution is -2.59. The van der Waals surface area contributed by atoms with Gasteiger partial charge in [-0.3, -0.25) is 14.4 Å². The summed E-state index contributed by atoms with van der Waals surface area (Å²) >= 11 is 0. The molecule has 1 aliphatic rings. The highest BCUT2D eigenvalue weighted by atomic mass is 32.3. The van der Waals surface area contributed by atoms with Crippen molar-refractivity contribution in [1.29, 1.82) is 0 Å². The van der Waals surface area contributed by atoms with Crippen molar-refractivity contribution in [2.24, 2.45) is 0 Å². The normalized spacial score (nSPS) is 17.5. The molecule has 204 valence electrons. The first-order chi connectivity index (χ1) is 16.7. The fourth-order valence-corrected chi connectivity index (χ4v) is 8.29. The predicted molar refractivity (Wildman–Crippen MR) is 113 cm³/mol. The standard InChI is InChI=1S/C17H13F6N3O8S3/c18-16(19,20)36(31,32)26(37(33,34)17(21,22)23)12-9-11-5-1-2-6-13(11)24(10-12)35(29,30)15-8-4-3-7-14(15)25(27)28/h1-8,12H,9-10H2. The van der Waals surface area contributed by atoms with E-state index in [0.717, 1.165) is 36.4 Å². The molecule has 0 spiro atoms. The summed E-state index contributed by atoms with van der Waals surface area (Å²) in [6.45, 7) is -1.56. The number of fused-ring (bicyclic) bond motifs is 1. The fraction of sp³-hybridized carbons (Fsp3) is 0.294. The summed E-state index contributed by atoms with van der Waals surface area (Å²) in [5, 5.41) is 11.4. The van der Waals surface area contributed by atoms with Gasteiger partial charge in [0.15, 0.2) is 4.90 Å². The number of benzene rings is 2. The molecular formula is C17H13F6N3O8S3. The van der Waals surface area contributed by atoms with Crippen LogP contribution in [0.5, 0.6) is 0 Å². The Labute approximate surface area is 205 Å². The number of sulfonamides is 3. The van der Waals surface area contributed by atoms with Crippen molar-refractivity contribution in [3.05, 3.63) is 64.2 Å². The van der Waals surface area contributed by atoms with E-state index >= 15 is 0 Å². The maximum absolute atomic E-state index is 13.4. The summed E-state index contributed by atoms with van der Waals surface area (Å²) < 4.78 is 153. The van der Waals surface area contributed by atoms with E-state index in [1.807, 2.05) is 0 Å². The highest BCUT2D eigenvalue weighted by Gasteiger charge is 2.64. The third-order valence-corrected chi connectivity index (χ3v) is 10.8. The van der Waals surface area contributed by atoms with Crippen molar-refractivity contribution in [1.82, 2.24) is 3.71 Å².